The number of unbranched alkanes of at least 4 members (excludes halogenated alkanes) is 19. The van der Waals surface area contributed by atoms with Crippen LogP contribution in [0.5, 0.6) is 0 Å². The van der Waals surface area contributed by atoms with E-state index in [9.17, 15) is 19.3 Å². The van der Waals surface area contributed by atoms with Gasteiger partial charge >= 0.3 is 19.8 Å². The number of esters is 2. The van der Waals surface area contributed by atoms with E-state index in [-0.39, 0.29) is 19.4 Å². The molecule has 0 aromatic carbocycles. The third kappa shape index (κ3) is 41.0. The van der Waals surface area contributed by atoms with E-state index in [1.807, 2.05) is 18.2 Å². The summed E-state index contributed by atoms with van der Waals surface area (Å²) >= 11 is 0. The van der Waals surface area contributed by atoms with Crippen LogP contribution in [-0.2, 0) is 28.2 Å². The molecule has 0 heterocycles. The summed E-state index contributed by atoms with van der Waals surface area (Å²) in [6.45, 7) is 3.47. The molecule has 0 aliphatic rings. The molecule has 3 N–H and O–H groups in total. The predicted molar refractivity (Wildman–Crippen MR) is 217 cm³/mol. The van der Waals surface area contributed by atoms with E-state index < -0.39 is 38.6 Å². The highest BCUT2D eigenvalue weighted by Gasteiger charge is 2.23. The Morgan fingerprint density at radius 3 is 1.70 bits per heavy atom. The first kappa shape index (κ1) is 51.0. The molecule has 9 nitrogen and oxygen atoms in total. The topological polar surface area (TPSA) is 140 Å². The highest BCUT2D eigenvalue weighted by molar-refractivity contribution is 7.46. The number of allylic oxidation sites excluding steroid dienone is 7. The lowest BCUT2D eigenvalue weighted by Gasteiger charge is -2.18. The number of phosphoric acid groups is 1. The van der Waals surface area contributed by atoms with E-state index in [1.165, 1.54) is 83.5 Å². The van der Waals surface area contributed by atoms with Crippen molar-refractivity contribution < 1.29 is 43.0 Å². The Labute approximate surface area is 323 Å². The largest absolute Gasteiger partial charge is 0.469 e. The van der Waals surface area contributed by atoms with Crippen molar-refractivity contribution in [2.45, 2.75) is 199 Å². The van der Waals surface area contributed by atoms with Crippen LogP contribution < -0.4 is 0 Å². The molecule has 0 radical (unpaired) electrons. The van der Waals surface area contributed by atoms with Crippen molar-refractivity contribution in [2.24, 2.45) is 0 Å². The van der Waals surface area contributed by atoms with Crippen molar-refractivity contribution in [2.75, 3.05) is 13.2 Å². The molecule has 0 aliphatic carbocycles. The maximum Gasteiger partial charge on any atom is 0.469 e. The fourth-order valence-corrected chi connectivity index (χ4v) is 6.15. The second-order valence-corrected chi connectivity index (χ2v) is 15.4. The molecule has 0 bridgehead atoms. The number of ether oxygens (including phenoxy) is 2. The van der Waals surface area contributed by atoms with Gasteiger partial charge in [0, 0.05) is 12.8 Å². The summed E-state index contributed by atoms with van der Waals surface area (Å²) in [5.74, 6) is -0.963. The molecule has 0 aromatic heterocycles. The number of rotatable bonds is 38. The van der Waals surface area contributed by atoms with Gasteiger partial charge in [0.05, 0.1) is 12.7 Å². The molecule has 0 saturated heterocycles. The Balaban J connectivity index is 3.99. The van der Waals surface area contributed by atoms with Crippen LogP contribution in [0.1, 0.15) is 187 Å². The minimum absolute atomic E-state index is 0.189. The lowest BCUT2D eigenvalue weighted by Crippen LogP contribution is -2.29. The van der Waals surface area contributed by atoms with E-state index in [0.717, 1.165) is 57.8 Å². The first-order valence-corrected chi connectivity index (χ1v) is 22.6. The van der Waals surface area contributed by atoms with E-state index in [4.69, 9.17) is 19.3 Å². The van der Waals surface area contributed by atoms with Crippen molar-refractivity contribution in [3.63, 3.8) is 0 Å². The van der Waals surface area contributed by atoms with Crippen LogP contribution >= 0.6 is 7.82 Å². The molecule has 10 heteroatoms. The first-order chi connectivity index (χ1) is 25.7. The zero-order chi connectivity index (χ0) is 39.1. The van der Waals surface area contributed by atoms with Crippen molar-refractivity contribution in [3.05, 3.63) is 48.6 Å². The Morgan fingerprint density at radius 1 is 0.604 bits per heavy atom. The standard InChI is InChI=1S/C43H77O9P/c1-3-5-7-9-11-12-13-14-15-16-17-18-19-20-21-22-24-28-33-37-43(46)52-41(39-51-53(47,48)49)38-50-42(45)36-32-29-25-27-31-35-40(44)34-30-26-23-10-8-6-4-2/h6,8,14-15,23,26,30,34,40-41,44H,3-5,7,9-13,16-22,24-25,27-29,31-33,35-39H2,1-2H3,(H2,47,48,49)/b8-6+,15-14-,26-23+,34-30+/t40?,41-/m1/s1. The smallest absolute Gasteiger partial charge is 0.462 e. The van der Waals surface area contributed by atoms with Gasteiger partial charge in [-0.2, -0.15) is 0 Å². The lowest BCUT2D eigenvalue weighted by atomic mass is 10.1. The van der Waals surface area contributed by atoms with Crippen molar-refractivity contribution in [1.29, 1.82) is 0 Å². The Hall–Kier alpha value is -2.03. The number of phosphoric ester groups is 1. The van der Waals surface area contributed by atoms with Crippen LogP contribution in [0.15, 0.2) is 48.6 Å². The van der Waals surface area contributed by atoms with Crippen LogP contribution in [0.2, 0.25) is 0 Å². The van der Waals surface area contributed by atoms with Crippen LogP contribution in [0, 0.1) is 0 Å². The lowest BCUT2D eigenvalue weighted by molar-refractivity contribution is -0.161. The summed E-state index contributed by atoms with van der Waals surface area (Å²) in [4.78, 5) is 42.9. The number of aliphatic hydroxyl groups is 1. The zero-order valence-electron chi connectivity index (χ0n) is 33.5. The summed E-state index contributed by atoms with van der Waals surface area (Å²) in [6, 6.07) is 0. The maximum absolute atomic E-state index is 12.4. The average Bonchev–Trinajstić information content (AvgIpc) is 3.12. The molecule has 1 unspecified atom stereocenters. The molecule has 0 rings (SSSR count). The number of aliphatic hydroxyl groups excluding tert-OH is 1. The minimum atomic E-state index is -4.78. The third-order valence-corrected chi connectivity index (χ3v) is 9.42. The quantitative estimate of drug-likeness (QED) is 0.0184. The monoisotopic (exact) mass is 769 g/mol. The van der Waals surface area contributed by atoms with E-state index >= 15 is 0 Å². The Morgan fingerprint density at radius 2 is 1.13 bits per heavy atom. The minimum Gasteiger partial charge on any atom is -0.462 e. The van der Waals surface area contributed by atoms with Crippen LogP contribution in [-0.4, -0.2) is 52.3 Å². The SMILES string of the molecule is CC/C=C/C/C=C/C=C/C(O)CCCCCCCC(=O)OC[C@H](COP(=O)(O)O)OC(=O)CCCCCCCCCCC/C=C\CCCCCCCC. The molecular formula is C43H77O9P. The average molecular weight is 769 g/mol. The van der Waals surface area contributed by atoms with Gasteiger partial charge in [0.15, 0.2) is 6.10 Å². The van der Waals surface area contributed by atoms with Crippen LogP contribution in [0.25, 0.3) is 0 Å². The molecule has 0 saturated carbocycles. The molecule has 0 amide bonds. The molecule has 53 heavy (non-hydrogen) atoms. The third-order valence-electron chi connectivity index (χ3n) is 8.94. The first-order valence-electron chi connectivity index (χ1n) is 21.0. The number of hydrogen-bond acceptors (Lipinski definition) is 7. The zero-order valence-corrected chi connectivity index (χ0v) is 34.4. The van der Waals surface area contributed by atoms with E-state index in [2.05, 4.69) is 42.7 Å². The Kier molecular flexibility index (Phi) is 36.8. The summed E-state index contributed by atoms with van der Waals surface area (Å²) < 4.78 is 26.3. The van der Waals surface area contributed by atoms with E-state index in [1.54, 1.807) is 6.08 Å². The number of hydrogen-bond donors (Lipinski definition) is 3. The van der Waals surface area contributed by atoms with Gasteiger partial charge in [-0.25, -0.2) is 4.57 Å². The van der Waals surface area contributed by atoms with Crippen molar-refractivity contribution in [3.8, 4) is 0 Å². The summed E-state index contributed by atoms with van der Waals surface area (Å²) in [5, 5.41) is 10.1. The predicted octanol–water partition coefficient (Wildman–Crippen LogP) is 11.7. The second kappa shape index (κ2) is 38.3. The summed E-state index contributed by atoms with van der Waals surface area (Å²) in [7, 11) is -4.78. The normalized spacial score (nSPS) is 13.5. The summed E-state index contributed by atoms with van der Waals surface area (Å²) in [6.07, 6.45) is 42.8. The maximum atomic E-state index is 12.4. The van der Waals surface area contributed by atoms with Crippen molar-refractivity contribution >= 4 is 19.8 Å². The van der Waals surface area contributed by atoms with E-state index in [0.29, 0.717) is 19.3 Å². The Bertz CT molecular complexity index is 1020. The molecule has 2 atom stereocenters. The van der Waals surface area contributed by atoms with Gasteiger partial charge in [-0.15, -0.1) is 0 Å². The van der Waals surface area contributed by atoms with Gasteiger partial charge in [0.25, 0.3) is 0 Å². The molecule has 0 aromatic rings. The summed E-state index contributed by atoms with van der Waals surface area (Å²) in [5.41, 5.74) is 0. The molecule has 308 valence electrons. The van der Waals surface area contributed by atoms with Crippen molar-refractivity contribution in [1.82, 2.24) is 0 Å². The van der Waals surface area contributed by atoms with Crippen LogP contribution in [0.3, 0.4) is 0 Å². The fourth-order valence-electron chi connectivity index (χ4n) is 5.79. The van der Waals surface area contributed by atoms with Crippen LogP contribution in [0.4, 0.5) is 0 Å². The second-order valence-electron chi connectivity index (χ2n) is 14.1. The van der Waals surface area contributed by atoms with Gasteiger partial charge in [-0.3, -0.25) is 14.1 Å². The molecule has 0 aliphatic heterocycles. The van der Waals surface area contributed by atoms with Gasteiger partial charge in [-0.1, -0.05) is 165 Å². The fraction of sp³-hybridized carbons (Fsp3) is 0.767. The molecule has 0 spiro atoms. The van der Waals surface area contributed by atoms with Gasteiger partial charge < -0.3 is 24.4 Å². The van der Waals surface area contributed by atoms with Gasteiger partial charge in [-0.05, 0) is 57.8 Å². The number of carbonyl (C=O) groups excluding carboxylic acids is 2. The molecular weight excluding hydrogens is 691 g/mol. The number of carbonyl (C=O) groups is 2. The van der Waals surface area contributed by atoms with Gasteiger partial charge in [0.2, 0.25) is 0 Å². The highest BCUT2D eigenvalue weighted by atomic mass is 31.2. The van der Waals surface area contributed by atoms with Gasteiger partial charge in [0.1, 0.15) is 6.61 Å². The molecule has 0 fully saturated rings. The highest BCUT2D eigenvalue weighted by Crippen LogP contribution is 2.36.